The molecule has 6 heteroatoms. The third-order valence-corrected chi connectivity index (χ3v) is 4.70. The minimum atomic E-state index is -0.649. The lowest BCUT2D eigenvalue weighted by Crippen LogP contribution is -2.15. The number of hydrogen-bond acceptors (Lipinski definition) is 4. The highest BCUT2D eigenvalue weighted by molar-refractivity contribution is 7.12. The smallest absolute Gasteiger partial charge is 0.257 e. The molecule has 24 heavy (non-hydrogen) atoms. The van der Waals surface area contributed by atoms with Crippen LogP contribution in [0.1, 0.15) is 40.3 Å². The molecule has 1 aromatic carbocycles. The number of para-hydroxylation sites is 1. The molecule has 1 amide bonds. The van der Waals surface area contributed by atoms with Crippen LogP contribution < -0.4 is 5.32 Å². The summed E-state index contributed by atoms with van der Waals surface area (Å²) in [4.78, 5) is 17.0. The minimum absolute atomic E-state index is 0.195. The quantitative estimate of drug-likeness (QED) is 0.757. The summed E-state index contributed by atoms with van der Waals surface area (Å²) in [7, 11) is 0. The Morgan fingerprint density at radius 3 is 2.75 bits per heavy atom. The Balaban J connectivity index is 1.94. The standard InChI is InChI=1S/C18H19N3O2S/c1-11-10-15(12(2)21(11)18-19-8-9-24-18)17(23)20-16-7-5-4-6-14(16)13(3)22/h4-10,13,22H,1-3H3,(H,20,23). The number of carbonyl (C=O) groups excluding carboxylic acids is 1. The van der Waals surface area contributed by atoms with Gasteiger partial charge in [-0.1, -0.05) is 18.2 Å². The number of anilines is 1. The molecule has 3 aromatic rings. The molecule has 3 rings (SSSR count). The first-order chi connectivity index (χ1) is 11.5. The van der Waals surface area contributed by atoms with Crippen LogP contribution >= 0.6 is 11.3 Å². The SMILES string of the molecule is Cc1cc(C(=O)Nc2ccccc2C(C)O)c(C)n1-c1nccs1. The number of thiazole rings is 1. The van der Waals surface area contributed by atoms with Crippen LogP contribution in [-0.2, 0) is 0 Å². The van der Waals surface area contributed by atoms with Crippen LogP contribution in [0, 0.1) is 13.8 Å². The molecule has 5 nitrogen and oxygen atoms in total. The van der Waals surface area contributed by atoms with Crippen LogP contribution in [0.2, 0.25) is 0 Å². The summed E-state index contributed by atoms with van der Waals surface area (Å²) in [5, 5.41) is 15.5. The molecule has 1 unspecified atom stereocenters. The van der Waals surface area contributed by atoms with E-state index in [4.69, 9.17) is 0 Å². The fourth-order valence-electron chi connectivity index (χ4n) is 2.78. The summed E-state index contributed by atoms with van der Waals surface area (Å²) in [5.74, 6) is -0.195. The lowest BCUT2D eigenvalue weighted by atomic mass is 10.1. The van der Waals surface area contributed by atoms with Gasteiger partial charge in [0.1, 0.15) is 0 Å². The molecule has 124 valence electrons. The number of carbonyl (C=O) groups is 1. The highest BCUT2D eigenvalue weighted by Crippen LogP contribution is 2.25. The first-order valence-corrected chi connectivity index (χ1v) is 8.54. The summed E-state index contributed by atoms with van der Waals surface area (Å²) in [6.07, 6.45) is 1.10. The van der Waals surface area contributed by atoms with Gasteiger partial charge in [-0.15, -0.1) is 11.3 Å². The predicted octanol–water partition coefficient (Wildman–Crippen LogP) is 3.86. The molecule has 0 saturated carbocycles. The average molecular weight is 341 g/mol. The summed E-state index contributed by atoms with van der Waals surface area (Å²) < 4.78 is 1.97. The summed E-state index contributed by atoms with van der Waals surface area (Å²) in [6.45, 7) is 5.54. The van der Waals surface area contributed by atoms with Gasteiger partial charge in [0, 0.05) is 34.2 Å². The molecule has 0 fully saturated rings. The monoisotopic (exact) mass is 341 g/mol. The fraction of sp³-hybridized carbons (Fsp3) is 0.222. The van der Waals surface area contributed by atoms with Gasteiger partial charge in [0.2, 0.25) is 0 Å². The summed E-state index contributed by atoms with van der Waals surface area (Å²) >= 11 is 1.53. The van der Waals surface area contributed by atoms with Crippen molar-refractivity contribution in [1.82, 2.24) is 9.55 Å². The molecule has 2 heterocycles. The number of benzene rings is 1. The van der Waals surface area contributed by atoms with Gasteiger partial charge in [0.05, 0.1) is 11.7 Å². The molecule has 0 aliphatic rings. The first kappa shape index (κ1) is 16.4. The van der Waals surface area contributed by atoms with Crippen LogP contribution in [0.25, 0.3) is 5.13 Å². The van der Waals surface area contributed by atoms with E-state index in [1.165, 1.54) is 11.3 Å². The Morgan fingerprint density at radius 2 is 2.08 bits per heavy atom. The Hall–Kier alpha value is -2.44. The third kappa shape index (κ3) is 2.98. The number of aliphatic hydroxyl groups is 1. The van der Waals surface area contributed by atoms with Crippen molar-refractivity contribution in [1.29, 1.82) is 0 Å². The van der Waals surface area contributed by atoms with E-state index in [1.54, 1.807) is 25.3 Å². The number of aliphatic hydroxyl groups excluding tert-OH is 1. The number of aromatic nitrogens is 2. The zero-order valence-electron chi connectivity index (χ0n) is 13.8. The van der Waals surface area contributed by atoms with E-state index in [9.17, 15) is 9.90 Å². The molecule has 0 aliphatic carbocycles. The van der Waals surface area contributed by atoms with Crippen molar-refractivity contribution in [3.8, 4) is 5.13 Å². The number of amides is 1. The van der Waals surface area contributed by atoms with Crippen LogP contribution in [0.3, 0.4) is 0 Å². The highest BCUT2D eigenvalue weighted by Gasteiger charge is 2.19. The van der Waals surface area contributed by atoms with Gasteiger partial charge >= 0.3 is 0 Å². The van der Waals surface area contributed by atoms with Crippen LogP contribution in [0.5, 0.6) is 0 Å². The van der Waals surface area contributed by atoms with Gasteiger partial charge < -0.3 is 10.4 Å². The zero-order valence-corrected chi connectivity index (χ0v) is 14.6. The van der Waals surface area contributed by atoms with Gasteiger partial charge in [-0.05, 0) is 32.9 Å². The maximum absolute atomic E-state index is 12.7. The van der Waals surface area contributed by atoms with Crippen molar-refractivity contribution in [2.75, 3.05) is 5.32 Å². The van der Waals surface area contributed by atoms with Crippen LogP contribution in [-0.4, -0.2) is 20.6 Å². The number of nitrogens with one attached hydrogen (secondary N) is 1. The van der Waals surface area contributed by atoms with Crippen molar-refractivity contribution in [2.24, 2.45) is 0 Å². The molecular formula is C18H19N3O2S. The minimum Gasteiger partial charge on any atom is -0.389 e. The molecule has 0 spiro atoms. The Labute approximate surface area is 144 Å². The molecule has 1 atom stereocenters. The first-order valence-electron chi connectivity index (χ1n) is 7.66. The normalized spacial score (nSPS) is 12.2. The molecule has 0 aliphatic heterocycles. The average Bonchev–Trinajstić information content (AvgIpc) is 3.15. The second-order valence-electron chi connectivity index (χ2n) is 5.65. The number of rotatable bonds is 4. The fourth-order valence-corrected chi connectivity index (χ4v) is 3.53. The Bertz CT molecular complexity index is 867. The predicted molar refractivity (Wildman–Crippen MR) is 95.9 cm³/mol. The maximum atomic E-state index is 12.7. The number of hydrogen-bond donors (Lipinski definition) is 2. The second-order valence-corrected chi connectivity index (χ2v) is 6.53. The molecule has 0 bridgehead atoms. The van der Waals surface area contributed by atoms with Crippen molar-refractivity contribution in [3.63, 3.8) is 0 Å². The maximum Gasteiger partial charge on any atom is 0.257 e. The van der Waals surface area contributed by atoms with Gasteiger partial charge in [0.15, 0.2) is 5.13 Å². The molecule has 2 aromatic heterocycles. The zero-order chi connectivity index (χ0) is 17.3. The summed E-state index contributed by atoms with van der Waals surface area (Å²) in [6, 6.07) is 9.13. The molecule has 0 saturated heterocycles. The largest absolute Gasteiger partial charge is 0.389 e. The van der Waals surface area contributed by atoms with Crippen molar-refractivity contribution >= 4 is 22.9 Å². The molecule has 2 N–H and O–H groups in total. The lowest BCUT2D eigenvalue weighted by molar-refractivity contribution is 0.102. The van der Waals surface area contributed by atoms with Crippen LogP contribution in [0.4, 0.5) is 5.69 Å². The third-order valence-electron chi connectivity index (χ3n) is 3.95. The summed E-state index contributed by atoms with van der Waals surface area (Å²) in [5.41, 5.74) is 3.71. The molecular weight excluding hydrogens is 322 g/mol. The van der Waals surface area contributed by atoms with Gasteiger partial charge in [-0.3, -0.25) is 9.36 Å². The van der Waals surface area contributed by atoms with E-state index in [2.05, 4.69) is 10.3 Å². The van der Waals surface area contributed by atoms with Crippen molar-refractivity contribution in [2.45, 2.75) is 26.9 Å². The number of aryl methyl sites for hydroxylation is 1. The van der Waals surface area contributed by atoms with Gasteiger partial charge in [-0.2, -0.15) is 0 Å². The van der Waals surface area contributed by atoms with E-state index >= 15 is 0 Å². The van der Waals surface area contributed by atoms with Crippen molar-refractivity contribution < 1.29 is 9.90 Å². The van der Waals surface area contributed by atoms with E-state index in [1.807, 2.05) is 42.0 Å². The van der Waals surface area contributed by atoms with Crippen molar-refractivity contribution in [3.05, 3.63) is 64.4 Å². The van der Waals surface area contributed by atoms with E-state index < -0.39 is 6.10 Å². The highest BCUT2D eigenvalue weighted by atomic mass is 32.1. The molecule has 0 radical (unpaired) electrons. The van der Waals surface area contributed by atoms with E-state index in [0.29, 0.717) is 16.8 Å². The second kappa shape index (κ2) is 6.59. The topological polar surface area (TPSA) is 67.2 Å². The Kier molecular flexibility index (Phi) is 4.51. The van der Waals surface area contributed by atoms with E-state index in [-0.39, 0.29) is 5.91 Å². The van der Waals surface area contributed by atoms with E-state index in [0.717, 1.165) is 16.5 Å². The van der Waals surface area contributed by atoms with Gasteiger partial charge in [0.25, 0.3) is 5.91 Å². The number of nitrogens with zero attached hydrogens (tertiary/aromatic N) is 2. The van der Waals surface area contributed by atoms with Gasteiger partial charge in [-0.25, -0.2) is 4.98 Å². The van der Waals surface area contributed by atoms with Crippen LogP contribution in [0.15, 0.2) is 41.9 Å². The Morgan fingerprint density at radius 1 is 1.33 bits per heavy atom. The lowest BCUT2D eigenvalue weighted by Gasteiger charge is -2.13.